The zero-order valence-corrected chi connectivity index (χ0v) is 17.3. The van der Waals surface area contributed by atoms with Crippen molar-refractivity contribution in [2.24, 2.45) is 22.7 Å². The standard InChI is InChI=1S/C26H32O2/c1-17-9-12-23-25(2)14-13-18-15-19(27)10-11-21(18)24(25)22(16-26(17,23)3)28-20-7-5-4-6-8-20/h4-8,10-11,15,17,22-24,27H,9,12-14,16H2,1-3H3/t17-,22-,23-,24-,25-,26+/m0/s1. The number of aryl methyl sites for hydroxylation is 1. The first-order valence-electron chi connectivity index (χ1n) is 11.0. The van der Waals surface area contributed by atoms with E-state index in [-0.39, 0.29) is 11.5 Å². The molecule has 0 heterocycles. The highest BCUT2D eigenvalue weighted by molar-refractivity contribution is 5.42. The Morgan fingerprint density at radius 1 is 1.00 bits per heavy atom. The van der Waals surface area contributed by atoms with Gasteiger partial charge in [0.1, 0.15) is 17.6 Å². The van der Waals surface area contributed by atoms with E-state index in [0.29, 0.717) is 17.1 Å². The van der Waals surface area contributed by atoms with Crippen molar-refractivity contribution in [3.05, 3.63) is 59.7 Å². The van der Waals surface area contributed by atoms with Crippen molar-refractivity contribution in [1.29, 1.82) is 0 Å². The molecule has 148 valence electrons. The van der Waals surface area contributed by atoms with E-state index in [1.165, 1.54) is 30.4 Å². The molecule has 3 aliphatic rings. The number of phenolic OH excluding ortho intramolecular Hbond substituents is 1. The number of rotatable bonds is 2. The molecular formula is C26H32O2. The van der Waals surface area contributed by atoms with E-state index in [1.54, 1.807) is 0 Å². The number of aromatic hydroxyl groups is 1. The second kappa shape index (κ2) is 6.27. The second-order valence-electron chi connectivity index (χ2n) is 10.1. The maximum absolute atomic E-state index is 10.0. The molecule has 0 unspecified atom stereocenters. The fourth-order valence-corrected chi connectivity index (χ4v) is 7.22. The summed E-state index contributed by atoms with van der Waals surface area (Å²) in [6.45, 7) is 7.53. The van der Waals surface area contributed by atoms with Gasteiger partial charge in [-0.1, -0.05) is 45.0 Å². The minimum absolute atomic E-state index is 0.179. The van der Waals surface area contributed by atoms with Gasteiger partial charge in [-0.2, -0.15) is 0 Å². The minimum atomic E-state index is 0.179. The lowest BCUT2D eigenvalue weighted by molar-refractivity contribution is -0.0928. The summed E-state index contributed by atoms with van der Waals surface area (Å²) in [5.41, 5.74) is 3.33. The fourth-order valence-electron chi connectivity index (χ4n) is 7.22. The van der Waals surface area contributed by atoms with Gasteiger partial charge in [-0.05, 0) is 90.2 Å². The Labute approximate surface area is 168 Å². The van der Waals surface area contributed by atoms with Crippen molar-refractivity contribution in [2.75, 3.05) is 0 Å². The SMILES string of the molecule is C[C@H]1CC[C@@H]2[C@]1(C)C[C@H](Oc1ccccc1)[C@@H]1c3ccc(O)cc3CC[C@@]21C. The van der Waals surface area contributed by atoms with Crippen LogP contribution < -0.4 is 4.74 Å². The fraction of sp³-hybridized carbons (Fsp3) is 0.538. The molecular weight excluding hydrogens is 344 g/mol. The smallest absolute Gasteiger partial charge is 0.119 e. The molecule has 28 heavy (non-hydrogen) atoms. The van der Waals surface area contributed by atoms with E-state index in [0.717, 1.165) is 30.4 Å². The Hall–Kier alpha value is -1.96. The molecule has 0 saturated heterocycles. The summed E-state index contributed by atoms with van der Waals surface area (Å²) in [5, 5.41) is 10.0. The van der Waals surface area contributed by atoms with E-state index in [4.69, 9.17) is 4.74 Å². The summed E-state index contributed by atoms with van der Waals surface area (Å²) in [4.78, 5) is 0. The number of phenols is 1. The third-order valence-electron chi connectivity index (χ3n) is 8.75. The Morgan fingerprint density at radius 2 is 1.79 bits per heavy atom. The molecule has 2 fully saturated rings. The van der Waals surface area contributed by atoms with Crippen LogP contribution in [0, 0.1) is 22.7 Å². The number of hydrogen-bond donors (Lipinski definition) is 1. The van der Waals surface area contributed by atoms with Gasteiger partial charge >= 0.3 is 0 Å². The van der Waals surface area contributed by atoms with Crippen LogP contribution >= 0.6 is 0 Å². The minimum Gasteiger partial charge on any atom is -0.508 e. The molecule has 2 nitrogen and oxygen atoms in total. The molecule has 2 heteroatoms. The first kappa shape index (κ1) is 18.1. The Kier molecular flexibility index (Phi) is 4.05. The van der Waals surface area contributed by atoms with Gasteiger partial charge in [0.15, 0.2) is 0 Å². The molecule has 0 aliphatic heterocycles. The van der Waals surface area contributed by atoms with Gasteiger partial charge in [-0.15, -0.1) is 0 Å². The van der Waals surface area contributed by atoms with Crippen molar-refractivity contribution < 1.29 is 9.84 Å². The van der Waals surface area contributed by atoms with Crippen molar-refractivity contribution >= 4 is 0 Å². The quantitative estimate of drug-likeness (QED) is 0.663. The van der Waals surface area contributed by atoms with Crippen molar-refractivity contribution in [3.63, 3.8) is 0 Å². The number of benzene rings is 2. The van der Waals surface area contributed by atoms with Gasteiger partial charge in [0.25, 0.3) is 0 Å². The summed E-state index contributed by atoms with van der Waals surface area (Å²) in [6.07, 6.45) is 6.23. The summed E-state index contributed by atoms with van der Waals surface area (Å²) >= 11 is 0. The predicted octanol–water partition coefficient (Wildman–Crippen LogP) is 6.33. The highest BCUT2D eigenvalue weighted by atomic mass is 16.5. The summed E-state index contributed by atoms with van der Waals surface area (Å²) in [7, 11) is 0. The van der Waals surface area contributed by atoms with Crippen LogP contribution in [0.2, 0.25) is 0 Å². The van der Waals surface area contributed by atoms with Crippen LogP contribution in [-0.4, -0.2) is 11.2 Å². The Morgan fingerprint density at radius 3 is 2.57 bits per heavy atom. The third kappa shape index (κ3) is 2.53. The van der Waals surface area contributed by atoms with Gasteiger partial charge in [0.05, 0.1) is 0 Å². The zero-order chi connectivity index (χ0) is 19.5. The number of ether oxygens (including phenoxy) is 1. The topological polar surface area (TPSA) is 29.5 Å². The van der Waals surface area contributed by atoms with Crippen LogP contribution in [0.1, 0.15) is 63.5 Å². The molecule has 5 rings (SSSR count). The third-order valence-corrected chi connectivity index (χ3v) is 8.75. The van der Waals surface area contributed by atoms with Crippen LogP contribution in [0.3, 0.4) is 0 Å². The maximum Gasteiger partial charge on any atom is 0.119 e. The van der Waals surface area contributed by atoms with Gasteiger partial charge in [0, 0.05) is 5.92 Å². The van der Waals surface area contributed by atoms with Gasteiger partial charge in [-0.3, -0.25) is 0 Å². The van der Waals surface area contributed by atoms with Crippen LogP contribution in [0.5, 0.6) is 11.5 Å². The average Bonchev–Trinajstić information content (AvgIpc) is 2.98. The number of para-hydroxylation sites is 1. The van der Waals surface area contributed by atoms with Gasteiger partial charge in [0.2, 0.25) is 0 Å². The summed E-state index contributed by atoms with van der Waals surface area (Å²) < 4.78 is 6.74. The predicted molar refractivity (Wildman–Crippen MR) is 113 cm³/mol. The zero-order valence-electron chi connectivity index (χ0n) is 17.3. The Balaban J connectivity index is 1.63. The summed E-state index contributed by atoms with van der Waals surface area (Å²) in [5.74, 6) is 3.25. The highest BCUT2D eigenvalue weighted by Crippen LogP contribution is 2.68. The average molecular weight is 377 g/mol. The van der Waals surface area contributed by atoms with E-state index >= 15 is 0 Å². The van der Waals surface area contributed by atoms with E-state index in [2.05, 4.69) is 51.1 Å². The molecule has 1 N–H and O–H groups in total. The number of hydrogen-bond acceptors (Lipinski definition) is 2. The lowest BCUT2D eigenvalue weighted by atomic mass is 9.46. The molecule has 0 bridgehead atoms. The largest absolute Gasteiger partial charge is 0.508 e. The molecule has 0 amide bonds. The van der Waals surface area contributed by atoms with E-state index in [9.17, 15) is 5.11 Å². The first-order valence-corrected chi connectivity index (χ1v) is 11.0. The van der Waals surface area contributed by atoms with Gasteiger partial charge in [-0.25, -0.2) is 0 Å². The molecule has 2 aromatic carbocycles. The second-order valence-corrected chi connectivity index (χ2v) is 10.1. The monoisotopic (exact) mass is 376 g/mol. The molecule has 0 radical (unpaired) electrons. The molecule has 3 aliphatic carbocycles. The van der Waals surface area contributed by atoms with Crippen molar-refractivity contribution in [3.8, 4) is 11.5 Å². The lowest BCUT2D eigenvalue weighted by Gasteiger charge is -2.59. The molecule has 2 aromatic rings. The van der Waals surface area contributed by atoms with E-state index < -0.39 is 0 Å². The van der Waals surface area contributed by atoms with Crippen LogP contribution in [0.15, 0.2) is 48.5 Å². The Bertz CT molecular complexity index is 875. The number of fused-ring (bicyclic) bond motifs is 5. The van der Waals surface area contributed by atoms with E-state index in [1.807, 2.05) is 18.2 Å². The van der Waals surface area contributed by atoms with Crippen LogP contribution in [0.25, 0.3) is 0 Å². The van der Waals surface area contributed by atoms with Crippen molar-refractivity contribution in [1.82, 2.24) is 0 Å². The molecule has 6 atom stereocenters. The summed E-state index contributed by atoms with van der Waals surface area (Å²) in [6, 6.07) is 16.4. The lowest BCUT2D eigenvalue weighted by Crippen LogP contribution is -2.55. The molecule has 0 spiro atoms. The van der Waals surface area contributed by atoms with Crippen LogP contribution in [0.4, 0.5) is 0 Å². The maximum atomic E-state index is 10.0. The molecule has 2 saturated carbocycles. The highest BCUT2D eigenvalue weighted by Gasteiger charge is 2.62. The normalized spacial score (nSPS) is 39.0. The molecule has 0 aromatic heterocycles. The van der Waals surface area contributed by atoms with Gasteiger partial charge < -0.3 is 9.84 Å². The van der Waals surface area contributed by atoms with Crippen molar-refractivity contribution in [2.45, 2.75) is 64.9 Å². The first-order chi connectivity index (χ1) is 13.4. The van der Waals surface area contributed by atoms with Crippen LogP contribution in [-0.2, 0) is 6.42 Å².